The van der Waals surface area contributed by atoms with Crippen LogP contribution in [0.15, 0.2) is 47.6 Å². The number of hydrogen-bond donors (Lipinski definition) is 2. The molecule has 0 aliphatic rings. The third-order valence-electron chi connectivity index (χ3n) is 5.02. The van der Waals surface area contributed by atoms with Crippen LogP contribution in [0.3, 0.4) is 0 Å². The number of nitrogens with zero attached hydrogens (tertiary/aromatic N) is 3. The maximum Gasteiger partial charge on any atom is 0.253 e. The molecular formula is C22H18ClFN5+. The Bertz CT molecular complexity index is 1300. The lowest BCUT2D eigenvalue weighted by atomic mass is 10.0. The Kier molecular flexibility index (Phi) is 4.91. The highest BCUT2D eigenvalue weighted by atomic mass is 35.5. The lowest BCUT2D eigenvalue weighted by Gasteiger charge is -2.10. The van der Waals surface area contributed by atoms with Gasteiger partial charge in [0, 0.05) is 5.56 Å². The molecule has 0 radical (unpaired) electrons. The average Bonchev–Trinajstić information content (AvgIpc) is 3.09. The zero-order chi connectivity index (χ0) is 20.5. The van der Waals surface area contributed by atoms with Gasteiger partial charge in [-0.2, -0.15) is 15.1 Å². The number of para-hydroxylation sites is 2. The van der Waals surface area contributed by atoms with E-state index in [2.05, 4.69) is 21.6 Å². The number of anilines is 1. The highest BCUT2D eigenvalue weighted by Crippen LogP contribution is 2.26. The van der Waals surface area contributed by atoms with E-state index in [0.717, 1.165) is 28.0 Å². The van der Waals surface area contributed by atoms with Gasteiger partial charge in [0.05, 0.1) is 16.8 Å². The molecule has 2 aromatic carbocycles. The number of H-pyrrole nitrogens is 1. The van der Waals surface area contributed by atoms with Crippen molar-refractivity contribution in [2.45, 2.75) is 20.3 Å². The molecule has 29 heavy (non-hydrogen) atoms. The summed E-state index contributed by atoms with van der Waals surface area (Å²) < 4.78 is 16.0. The first-order chi connectivity index (χ1) is 14.1. The van der Waals surface area contributed by atoms with Crippen LogP contribution in [0.4, 0.5) is 10.2 Å². The first-order valence-corrected chi connectivity index (χ1v) is 9.55. The number of nitrogens with one attached hydrogen (secondary N) is 2. The summed E-state index contributed by atoms with van der Waals surface area (Å²) in [5.41, 5.74) is 8.20. The van der Waals surface area contributed by atoms with Gasteiger partial charge in [-0.25, -0.2) is 4.39 Å². The third kappa shape index (κ3) is 3.10. The van der Waals surface area contributed by atoms with Crippen molar-refractivity contribution in [1.29, 1.82) is 5.26 Å². The monoisotopic (exact) mass is 406 g/mol. The normalized spacial score (nSPS) is 11.4. The van der Waals surface area contributed by atoms with Crippen molar-refractivity contribution < 1.29 is 8.79 Å². The van der Waals surface area contributed by atoms with Crippen LogP contribution in [0.25, 0.3) is 16.7 Å². The molecular weight excluding hydrogens is 389 g/mol. The van der Waals surface area contributed by atoms with Crippen molar-refractivity contribution in [2.24, 2.45) is 5.10 Å². The fraction of sp³-hybridized carbons (Fsp3) is 0.136. The van der Waals surface area contributed by atoms with Crippen LogP contribution in [0.2, 0.25) is 5.02 Å². The molecule has 7 heteroatoms. The summed E-state index contributed by atoms with van der Waals surface area (Å²) in [7, 11) is 0. The fourth-order valence-electron chi connectivity index (χ4n) is 3.60. The molecule has 0 bridgehead atoms. The summed E-state index contributed by atoms with van der Waals surface area (Å²) >= 11 is 6.09. The van der Waals surface area contributed by atoms with Gasteiger partial charge >= 0.3 is 0 Å². The minimum Gasteiger partial charge on any atom is -0.269 e. The summed E-state index contributed by atoms with van der Waals surface area (Å²) in [5, 5.41) is 14.3. The molecule has 4 aromatic rings. The van der Waals surface area contributed by atoms with Crippen LogP contribution in [0.5, 0.6) is 0 Å². The van der Waals surface area contributed by atoms with Gasteiger partial charge in [0.1, 0.15) is 28.5 Å². The van der Waals surface area contributed by atoms with Crippen molar-refractivity contribution in [1.82, 2.24) is 4.98 Å². The Labute approximate surface area is 172 Å². The Balaban J connectivity index is 1.93. The molecule has 0 aliphatic carbocycles. The SMILES string of the molecule is CCc1c(C)c(C#N)c2[nH]c3ccccc3[n+]2c1NN=Cc1c(F)cccc1Cl. The number of aromatic amines is 1. The molecule has 2 N–H and O–H groups in total. The number of imidazole rings is 1. The molecule has 0 saturated heterocycles. The summed E-state index contributed by atoms with van der Waals surface area (Å²) in [5.74, 6) is 0.278. The lowest BCUT2D eigenvalue weighted by Crippen LogP contribution is -2.28. The predicted molar refractivity (Wildman–Crippen MR) is 113 cm³/mol. The number of rotatable bonds is 4. The van der Waals surface area contributed by atoms with E-state index >= 15 is 0 Å². The average molecular weight is 407 g/mol. The lowest BCUT2D eigenvalue weighted by molar-refractivity contribution is -0.465. The van der Waals surface area contributed by atoms with Gasteiger partial charge in [-0.1, -0.05) is 36.7 Å². The Morgan fingerprint density at radius 3 is 2.79 bits per heavy atom. The molecule has 0 aliphatic heterocycles. The van der Waals surface area contributed by atoms with Crippen LogP contribution < -0.4 is 9.83 Å². The molecule has 0 unspecified atom stereocenters. The van der Waals surface area contributed by atoms with E-state index < -0.39 is 5.82 Å². The summed E-state index contributed by atoms with van der Waals surface area (Å²) in [4.78, 5) is 3.32. The second-order valence-electron chi connectivity index (χ2n) is 6.62. The van der Waals surface area contributed by atoms with Crippen molar-refractivity contribution >= 4 is 40.3 Å². The highest BCUT2D eigenvalue weighted by Gasteiger charge is 2.24. The largest absolute Gasteiger partial charge is 0.269 e. The van der Waals surface area contributed by atoms with E-state index in [1.54, 1.807) is 12.1 Å². The minimum atomic E-state index is -0.445. The fourth-order valence-corrected chi connectivity index (χ4v) is 3.82. The summed E-state index contributed by atoms with van der Waals surface area (Å²) in [6.45, 7) is 3.94. The van der Waals surface area contributed by atoms with E-state index in [1.807, 2.05) is 42.5 Å². The smallest absolute Gasteiger partial charge is 0.253 e. The van der Waals surface area contributed by atoms with Gasteiger partial charge in [0.25, 0.3) is 5.82 Å². The number of hydrogen-bond acceptors (Lipinski definition) is 3. The number of hydrazone groups is 1. The predicted octanol–water partition coefficient (Wildman–Crippen LogP) is 4.89. The van der Waals surface area contributed by atoms with Crippen molar-refractivity contribution in [2.75, 3.05) is 5.43 Å². The number of fused-ring (bicyclic) bond motifs is 3. The van der Waals surface area contributed by atoms with Gasteiger partial charge in [0.15, 0.2) is 0 Å². The van der Waals surface area contributed by atoms with Crippen LogP contribution in [-0.4, -0.2) is 11.2 Å². The zero-order valence-electron chi connectivity index (χ0n) is 15.9. The second kappa shape index (κ2) is 7.53. The molecule has 0 amide bonds. The van der Waals surface area contributed by atoms with E-state index in [0.29, 0.717) is 17.6 Å². The number of benzene rings is 2. The van der Waals surface area contributed by atoms with Crippen LogP contribution in [-0.2, 0) is 6.42 Å². The first kappa shape index (κ1) is 18.9. The van der Waals surface area contributed by atoms with Gasteiger partial charge in [-0.3, -0.25) is 4.98 Å². The van der Waals surface area contributed by atoms with Crippen molar-refractivity contribution in [3.63, 3.8) is 0 Å². The third-order valence-corrected chi connectivity index (χ3v) is 5.35. The van der Waals surface area contributed by atoms with Gasteiger partial charge in [0.2, 0.25) is 5.65 Å². The first-order valence-electron chi connectivity index (χ1n) is 9.17. The van der Waals surface area contributed by atoms with Crippen molar-refractivity contribution in [3.05, 3.63) is 75.6 Å². The van der Waals surface area contributed by atoms with Crippen LogP contribution in [0, 0.1) is 24.1 Å². The standard InChI is InChI=1S/C22H17ClFN5/c1-3-14-13(2)15(11-25)21-27-19-9-4-5-10-20(19)29(21)22(14)28-26-12-16-17(23)7-6-8-18(16)24/h4-10,12H,3H2,1-2H3,(H,27,28)/p+1. The Morgan fingerprint density at radius 1 is 1.28 bits per heavy atom. The molecule has 0 atom stereocenters. The maximum atomic E-state index is 14.0. The minimum absolute atomic E-state index is 0.213. The Morgan fingerprint density at radius 2 is 2.07 bits per heavy atom. The van der Waals surface area contributed by atoms with E-state index in [9.17, 15) is 9.65 Å². The molecule has 5 nitrogen and oxygen atoms in total. The quantitative estimate of drug-likeness (QED) is 0.288. The van der Waals surface area contributed by atoms with E-state index in [-0.39, 0.29) is 10.6 Å². The van der Waals surface area contributed by atoms with E-state index in [4.69, 9.17) is 11.6 Å². The van der Waals surface area contributed by atoms with Crippen molar-refractivity contribution in [3.8, 4) is 6.07 Å². The second-order valence-corrected chi connectivity index (χ2v) is 7.03. The zero-order valence-corrected chi connectivity index (χ0v) is 16.7. The molecule has 0 saturated carbocycles. The summed E-state index contributed by atoms with van der Waals surface area (Å²) in [6.07, 6.45) is 2.06. The highest BCUT2D eigenvalue weighted by molar-refractivity contribution is 6.33. The molecule has 2 heterocycles. The molecule has 0 fully saturated rings. The molecule has 4 rings (SSSR count). The summed E-state index contributed by atoms with van der Waals surface area (Å²) in [6, 6.07) is 14.6. The van der Waals surface area contributed by atoms with E-state index in [1.165, 1.54) is 12.3 Å². The Hall–Kier alpha value is -3.43. The van der Waals surface area contributed by atoms with Gasteiger partial charge in [-0.15, -0.1) is 5.10 Å². The van der Waals surface area contributed by atoms with Gasteiger partial charge in [-0.05, 0) is 43.2 Å². The number of pyridine rings is 1. The number of nitriles is 1. The molecule has 2 aromatic heterocycles. The molecule has 0 spiro atoms. The molecule has 144 valence electrons. The van der Waals surface area contributed by atoms with Crippen LogP contribution >= 0.6 is 11.6 Å². The number of halogens is 2. The van der Waals surface area contributed by atoms with Gasteiger partial charge < -0.3 is 0 Å². The number of aromatic nitrogens is 2. The maximum absolute atomic E-state index is 14.0. The van der Waals surface area contributed by atoms with Crippen LogP contribution in [0.1, 0.15) is 29.2 Å². The topological polar surface area (TPSA) is 68.1 Å².